The fraction of sp³-hybridized carbons (Fsp3) is 0.250. The lowest BCUT2D eigenvalue weighted by molar-refractivity contribution is 0.571. The van der Waals surface area contributed by atoms with Crippen LogP contribution in [0.3, 0.4) is 0 Å². The molecule has 0 fully saturated rings. The number of pyridine rings is 2. The average Bonchev–Trinajstić information content (AvgIpc) is 3.25. The van der Waals surface area contributed by atoms with Crippen molar-refractivity contribution in [3.05, 3.63) is 78.1 Å². The van der Waals surface area contributed by atoms with Gasteiger partial charge in [-0.1, -0.05) is 12.1 Å². The summed E-state index contributed by atoms with van der Waals surface area (Å²) in [5.74, 6) is 0.841. The number of fused-ring (bicyclic) bond motifs is 1. The standard InChI is InChI=1S/C20H22N6/c1-15(18-13-23-26(16(18)2)19-7-3-5-10-22-19)21-11-9-17-14-25-12-6-4-8-20(25)24-17/h3-8,10,12-15,21H,9,11H2,1-2H3/t15-/m1/s1. The molecule has 26 heavy (non-hydrogen) atoms. The molecule has 0 aliphatic rings. The Morgan fingerprint density at radius 3 is 2.85 bits per heavy atom. The topological polar surface area (TPSA) is 60.0 Å². The Bertz CT molecular complexity index is 969. The third-order valence-electron chi connectivity index (χ3n) is 4.63. The van der Waals surface area contributed by atoms with Gasteiger partial charge in [0.05, 0.1) is 11.9 Å². The number of hydrogen-bond donors (Lipinski definition) is 1. The van der Waals surface area contributed by atoms with Crippen LogP contribution < -0.4 is 5.32 Å². The van der Waals surface area contributed by atoms with Gasteiger partial charge in [0, 0.05) is 48.9 Å². The molecule has 0 amide bonds. The minimum atomic E-state index is 0.212. The highest BCUT2D eigenvalue weighted by Crippen LogP contribution is 2.19. The van der Waals surface area contributed by atoms with Crippen LogP contribution in [-0.2, 0) is 6.42 Å². The van der Waals surface area contributed by atoms with Gasteiger partial charge in [0.25, 0.3) is 0 Å². The van der Waals surface area contributed by atoms with E-state index in [9.17, 15) is 0 Å². The van der Waals surface area contributed by atoms with E-state index in [1.165, 1.54) is 5.56 Å². The van der Waals surface area contributed by atoms with E-state index in [-0.39, 0.29) is 6.04 Å². The maximum absolute atomic E-state index is 4.64. The molecule has 4 aromatic rings. The van der Waals surface area contributed by atoms with E-state index in [2.05, 4.69) is 44.8 Å². The Labute approximate surface area is 152 Å². The van der Waals surface area contributed by atoms with Crippen LogP contribution in [0, 0.1) is 6.92 Å². The Morgan fingerprint density at radius 1 is 1.15 bits per heavy atom. The number of aromatic nitrogens is 5. The van der Waals surface area contributed by atoms with E-state index in [0.29, 0.717) is 0 Å². The third-order valence-corrected chi connectivity index (χ3v) is 4.63. The van der Waals surface area contributed by atoms with Gasteiger partial charge in [-0.3, -0.25) is 0 Å². The smallest absolute Gasteiger partial charge is 0.153 e. The van der Waals surface area contributed by atoms with Crippen LogP contribution in [0.4, 0.5) is 0 Å². The molecule has 0 saturated heterocycles. The zero-order valence-corrected chi connectivity index (χ0v) is 15.0. The summed E-state index contributed by atoms with van der Waals surface area (Å²) >= 11 is 0. The van der Waals surface area contributed by atoms with Crippen molar-refractivity contribution in [2.45, 2.75) is 26.3 Å². The third kappa shape index (κ3) is 3.23. The molecule has 0 saturated carbocycles. The first-order chi connectivity index (χ1) is 12.7. The molecule has 1 N–H and O–H groups in total. The Kier molecular flexibility index (Phi) is 4.50. The molecule has 0 aliphatic heterocycles. The molecule has 0 bridgehead atoms. The van der Waals surface area contributed by atoms with E-state index < -0.39 is 0 Å². The lowest BCUT2D eigenvalue weighted by atomic mass is 10.1. The molecule has 0 radical (unpaired) electrons. The lowest BCUT2D eigenvalue weighted by Gasteiger charge is -2.13. The molecule has 4 aromatic heterocycles. The first kappa shape index (κ1) is 16.5. The molecule has 132 valence electrons. The Hall–Kier alpha value is -2.99. The molecule has 0 unspecified atom stereocenters. The van der Waals surface area contributed by atoms with Gasteiger partial charge in [-0.15, -0.1) is 0 Å². The van der Waals surface area contributed by atoms with Gasteiger partial charge in [0.2, 0.25) is 0 Å². The molecule has 0 spiro atoms. The first-order valence-electron chi connectivity index (χ1n) is 8.84. The highest BCUT2D eigenvalue weighted by Gasteiger charge is 2.14. The van der Waals surface area contributed by atoms with Crippen molar-refractivity contribution in [1.29, 1.82) is 0 Å². The summed E-state index contributed by atoms with van der Waals surface area (Å²) < 4.78 is 3.94. The number of rotatable bonds is 6. The summed E-state index contributed by atoms with van der Waals surface area (Å²) in [5.41, 5.74) is 4.38. The van der Waals surface area contributed by atoms with Crippen LogP contribution in [0.25, 0.3) is 11.5 Å². The number of nitrogens with one attached hydrogen (secondary N) is 1. The monoisotopic (exact) mass is 346 g/mol. The molecule has 0 aliphatic carbocycles. The van der Waals surface area contributed by atoms with Gasteiger partial charge in [-0.05, 0) is 38.1 Å². The largest absolute Gasteiger partial charge is 0.310 e. The molecule has 6 nitrogen and oxygen atoms in total. The van der Waals surface area contributed by atoms with Gasteiger partial charge in [0.15, 0.2) is 5.82 Å². The summed E-state index contributed by atoms with van der Waals surface area (Å²) in [6, 6.07) is 12.1. The van der Waals surface area contributed by atoms with E-state index in [0.717, 1.165) is 35.8 Å². The zero-order chi connectivity index (χ0) is 17.9. The second-order valence-corrected chi connectivity index (χ2v) is 6.41. The van der Waals surface area contributed by atoms with Crippen LogP contribution in [0.1, 0.15) is 29.9 Å². The summed E-state index contributed by atoms with van der Waals surface area (Å²) in [7, 11) is 0. The van der Waals surface area contributed by atoms with Crippen LogP contribution in [0.2, 0.25) is 0 Å². The highest BCUT2D eigenvalue weighted by molar-refractivity contribution is 5.39. The zero-order valence-electron chi connectivity index (χ0n) is 15.0. The Balaban J connectivity index is 1.40. The van der Waals surface area contributed by atoms with Crippen molar-refractivity contribution in [1.82, 2.24) is 29.5 Å². The van der Waals surface area contributed by atoms with Crippen molar-refractivity contribution < 1.29 is 0 Å². The van der Waals surface area contributed by atoms with Crippen molar-refractivity contribution in [3.8, 4) is 5.82 Å². The molecular formula is C20H22N6. The van der Waals surface area contributed by atoms with Gasteiger partial charge < -0.3 is 9.72 Å². The maximum atomic E-state index is 4.64. The number of imidazole rings is 1. The van der Waals surface area contributed by atoms with Crippen LogP contribution in [-0.4, -0.2) is 30.7 Å². The van der Waals surface area contributed by atoms with Crippen molar-refractivity contribution >= 4 is 5.65 Å². The predicted molar refractivity (Wildman–Crippen MR) is 101 cm³/mol. The summed E-state index contributed by atoms with van der Waals surface area (Å²) in [6.45, 7) is 5.10. The molecule has 4 heterocycles. The minimum absolute atomic E-state index is 0.212. The second kappa shape index (κ2) is 7.09. The van der Waals surface area contributed by atoms with Crippen molar-refractivity contribution in [2.75, 3.05) is 6.54 Å². The van der Waals surface area contributed by atoms with Crippen LogP contribution in [0.5, 0.6) is 0 Å². The molecular weight excluding hydrogens is 324 g/mol. The second-order valence-electron chi connectivity index (χ2n) is 6.41. The fourth-order valence-corrected chi connectivity index (χ4v) is 3.19. The quantitative estimate of drug-likeness (QED) is 0.583. The van der Waals surface area contributed by atoms with Gasteiger partial charge in [0.1, 0.15) is 5.65 Å². The van der Waals surface area contributed by atoms with E-state index in [4.69, 9.17) is 0 Å². The summed E-state index contributed by atoms with van der Waals surface area (Å²) in [5, 5.41) is 8.07. The predicted octanol–water partition coefficient (Wildman–Crippen LogP) is 3.12. The van der Waals surface area contributed by atoms with Crippen LogP contribution in [0.15, 0.2) is 61.2 Å². The van der Waals surface area contributed by atoms with Gasteiger partial charge in [-0.2, -0.15) is 5.10 Å². The Morgan fingerprint density at radius 2 is 2.04 bits per heavy atom. The molecule has 1 atom stereocenters. The van der Waals surface area contributed by atoms with Crippen molar-refractivity contribution in [2.24, 2.45) is 0 Å². The first-order valence-corrected chi connectivity index (χ1v) is 8.84. The number of hydrogen-bond acceptors (Lipinski definition) is 4. The minimum Gasteiger partial charge on any atom is -0.310 e. The van der Waals surface area contributed by atoms with Gasteiger partial charge in [-0.25, -0.2) is 14.6 Å². The van der Waals surface area contributed by atoms with E-state index in [1.807, 2.05) is 53.5 Å². The maximum Gasteiger partial charge on any atom is 0.153 e. The van der Waals surface area contributed by atoms with Crippen LogP contribution >= 0.6 is 0 Å². The highest BCUT2D eigenvalue weighted by atomic mass is 15.3. The van der Waals surface area contributed by atoms with Crippen molar-refractivity contribution in [3.63, 3.8) is 0 Å². The fourth-order valence-electron chi connectivity index (χ4n) is 3.19. The number of nitrogens with zero attached hydrogens (tertiary/aromatic N) is 5. The molecule has 6 heteroatoms. The summed E-state index contributed by atoms with van der Waals surface area (Å²) in [6.07, 6.45) is 8.71. The molecule has 0 aromatic carbocycles. The summed E-state index contributed by atoms with van der Waals surface area (Å²) in [4.78, 5) is 9.02. The van der Waals surface area contributed by atoms with E-state index >= 15 is 0 Å². The normalized spacial score (nSPS) is 12.5. The SMILES string of the molecule is Cc1c([C@@H](C)NCCc2cn3ccccc3n2)cnn1-c1ccccn1. The van der Waals surface area contributed by atoms with E-state index in [1.54, 1.807) is 6.20 Å². The van der Waals surface area contributed by atoms with Gasteiger partial charge >= 0.3 is 0 Å². The molecule has 4 rings (SSSR count). The lowest BCUT2D eigenvalue weighted by Crippen LogP contribution is -2.22. The average molecular weight is 346 g/mol.